The number of para-hydroxylation sites is 2. The molecule has 0 radical (unpaired) electrons. The van der Waals surface area contributed by atoms with Crippen LogP contribution in [0.25, 0.3) is 15.9 Å². The van der Waals surface area contributed by atoms with E-state index in [1.807, 2.05) is 61.1 Å². The molecule has 0 fully saturated rings. The highest BCUT2D eigenvalue weighted by molar-refractivity contribution is 7.16. The quantitative estimate of drug-likeness (QED) is 0.516. The summed E-state index contributed by atoms with van der Waals surface area (Å²) in [5, 5.41) is 13.8. The highest BCUT2D eigenvalue weighted by Crippen LogP contribution is 2.15. The van der Waals surface area contributed by atoms with Crippen LogP contribution in [-0.4, -0.2) is 18.9 Å². The summed E-state index contributed by atoms with van der Waals surface area (Å²) in [7, 11) is 2.01. The Morgan fingerprint density at radius 1 is 1.00 bits per heavy atom. The van der Waals surface area contributed by atoms with E-state index < -0.39 is 0 Å². The smallest absolute Gasteiger partial charge is 0.252 e. The summed E-state index contributed by atoms with van der Waals surface area (Å²) in [6, 6.07) is 18.3. The summed E-state index contributed by atoms with van der Waals surface area (Å²) in [6.07, 6.45) is 0. The third-order valence-electron chi connectivity index (χ3n) is 4.32. The zero-order valence-electron chi connectivity index (χ0n) is 15.0. The minimum Gasteiger partial charge on any atom is -0.318 e. The van der Waals surface area contributed by atoms with E-state index in [-0.39, 0.29) is 0 Å². The van der Waals surface area contributed by atoms with Gasteiger partial charge in [-0.25, -0.2) is 0 Å². The van der Waals surface area contributed by atoms with Crippen molar-refractivity contribution < 1.29 is 0 Å². The van der Waals surface area contributed by atoms with Gasteiger partial charge in [0.15, 0.2) is 0 Å². The van der Waals surface area contributed by atoms with Crippen LogP contribution in [0.15, 0.2) is 64.8 Å². The predicted octanol–water partition coefficient (Wildman–Crippen LogP) is 2.97. The van der Waals surface area contributed by atoms with E-state index in [2.05, 4.69) is 43.5 Å². The second-order valence-electron chi connectivity index (χ2n) is 5.95. The number of nitrogens with zero attached hydrogens (tertiary/aromatic N) is 6. The molecule has 0 saturated heterocycles. The first kappa shape index (κ1) is 16.5. The second-order valence-corrected chi connectivity index (χ2v) is 6.96. The molecule has 2 heterocycles. The summed E-state index contributed by atoms with van der Waals surface area (Å²) in [6.45, 7) is 4.86. The van der Waals surface area contributed by atoms with E-state index in [1.165, 1.54) is 4.70 Å². The lowest BCUT2D eigenvalue weighted by molar-refractivity contribution is 0.664. The summed E-state index contributed by atoms with van der Waals surface area (Å²) >= 11 is 1.63. The van der Waals surface area contributed by atoms with Crippen LogP contribution in [-0.2, 0) is 13.6 Å². The molecule has 0 aliphatic rings. The molecule has 0 aliphatic heterocycles. The zero-order valence-corrected chi connectivity index (χ0v) is 15.8. The Morgan fingerprint density at radius 2 is 1.73 bits per heavy atom. The van der Waals surface area contributed by atoms with Crippen LogP contribution in [0.5, 0.6) is 0 Å². The Bertz CT molecular complexity index is 1190. The monoisotopic (exact) mass is 364 g/mol. The zero-order chi connectivity index (χ0) is 18.1. The molecule has 4 rings (SSSR count). The largest absolute Gasteiger partial charge is 0.318 e. The fraction of sp³-hybridized carbons (Fsp3) is 0.211. The van der Waals surface area contributed by atoms with Crippen molar-refractivity contribution in [3.05, 3.63) is 70.8 Å². The van der Waals surface area contributed by atoms with Crippen molar-refractivity contribution in [1.82, 2.24) is 18.9 Å². The van der Waals surface area contributed by atoms with Gasteiger partial charge >= 0.3 is 0 Å². The number of hydrogen-bond donors (Lipinski definition) is 0. The van der Waals surface area contributed by atoms with Crippen molar-refractivity contribution in [2.75, 3.05) is 0 Å². The summed E-state index contributed by atoms with van der Waals surface area (Å²) in [4.78, 5) is 0.854. The average molecular weight is 364 g/mol. The van der Waals surface area contributed by atoms with Gasteiger partial charge < -0.3 is 4.57 Å². The number of thiazole rings is 1. The Kier molecular flexibility index (Phi) is 4.30. The average Bonchev–Trinajstić information content (AvgIpc) is 3.17. The van der Waals surface area contributed by atoms with E-state index >= 15 is 0 Å². The molecule has 0 unspecified atom stereocenters. The van der Waals surface area contributed by atoms with Crippen LogP contribution in [0.2, 0.25) is 0 Å². The highest BCUT2D eigenvalue weighted by Gasteiger charge is 2.09. The maximum Gasteiger partial charge on any atom is 0.252 e. The lowest BCUT2D eigenvalue weighted by Crippen LogP contribution is -2.25. The van der Waals surface area contributed by atoms with E-state index in [9.17, 15) is 0 Å². The number of aryl methyl sites for hydroxylation is 2. The van der Waals surface area contributed by atoms with Crippen LogP contribution in [0.1, 0.15) is 12.7 Å². The van der Waals surface area contributed by atoms with Crippen molar-refractivity contribution >= 4 is 21.6 Å². The molecule has 26 heavy (non-hydrogen) atoms. The molecule has 0 saturated carbocycles. The van der Waals surface area contributed by atoms with Crippen LogP contribution >= 0.6 is 11.3 Å². The number of fused-ring (bicyclic) bond motifs is 1. The molecule has 0 spiro atoms. The standard InChI is InChI=1S/C19H20N6S/c1-4-24-14(2)22-25(15-10-6-5-7-11-15)18(24)20-21-19-23(3)16-12-8-9-13-17(16)26-19/h5-13H,4H2,1-3H3/b20-18-,21-19+. The fourth-order valence-electron chi connectivity index (χ4n) is 2.98. The van der Waals surface area contributed by atoms with Gasteiger partial charge in [0, 0.05) is 13.6 Å². The Hall–Kier alpha value is -2.93. The van der Waals surface area contributed by atoms with E-state index in [0.717, 1.165) is 28.4 Å². The van der Waals surface area contributed by atoms with Gasteiger partial charge in [0.2, 0.25) is 4.80 Å². The first-order chi connectivity index (χ1) is 12.7. The van der Waals surface area contributed by atoms with Crippen molar-refractivity contribution in [2.24, 2.45) is 17.3 Å². The van der Waals surface area contributed by atoms with Gasteiger partial charge in [-0.3, -0.25) is 4.57 Å². The van der Waals surface area contributed by atoms with Gasteiger partial charge in [0.1, 0.15) is 5.82 Å². The first-order valence-electron chi connectivity index (χ1n) is 8.53. The fourth-order valence-corrected chi connectivity index (χ4v) is 3.95. The molecule has 4 aromatic rings. The predicted molar refractivity (Wildman–Crippen MR) is 104 cm³/mol. The number of aromatic nitrogens is 4. The molecular formula is C19H20N6S. The minimum absolute atomic E-state index is 0.716. The molecule has 6 nitrogen and oxygen atoms in total. The molecule has 2 aromatic carbocycles. The summed E-state index contributed by atoms with van der Waals surface area (Å²) < 4.78 is 7.16. The van der Waals surface area contributed by atoms with Crippen LogP contribution in [0, 0.1) is 6.92 Å². The van der Waals surface area contributed by atoms with Crippen molar-refractivity contribution in [3.63, 3.8) is 0 Å². The third-order valence-corrected chi connectivity index (χ3v) is 5.43. The first-order valence-corrected chi connectivity index (χ1v) is 9.35. The molecule has 0 aliphatic carbocycles. The maximum atomic E-state index is 4.65. The highest BCUT2D eigenvalue weighted by atomic mass is 32.1. The number of hydrogen-bond acceptors (Lipinski definition) is 4. The van der Waals surface area contributed by atoms with Crippen molar-refractivity contribution in [3.8, 4) is 5.69 Å². The van der Waals surface area contributed by atoms with Gasteiger partial charge in [-0.1, -0.05) is 41.7 Å². The van der Waals surface area contributed by atoms with Crippen molar-refractivity contribution in [2.45, 2.75) is 20.4 Å². The lowest BCUT2D eigenvalue weighted by atomic mass is 10.3. The SMILES string of the molecule is CCn1c(C)nn(-c2ccccc2)/c1=N\N=c1\sc2ccccc2n1C. The van der Waals surface area contributed by atoms with E-state index in [0.29, 0.717) is 5.62 Å². The molecule has 0 N–H and O–H groups in total. The maximum absolute atomic E-state index is 4.65. The molecule has 0 atom stereocenters. The summed E-state index contributed by atoms with van der Waals surface area (Å²) in [5.41, 5.74) is 2.84. The Balaban J connectivity index is 1.95. The lowest BCUT2D eigenvalue weighted by Gasteiger charge is -2.00. The van der Waals surface area contributed by atoms with Crippen LogP contribution in [0.3, 0.4) is 0 Å². The minimum atomic E-state index is 0.716. The molecule has 132 valence electrons. The van der Waals surface area contributed by atoms with Crippen molar-refractivity contribution in [1.29, 1.82) is 0 Å². The van der Waals surface area contributed by atoms with E-state index in [4.69, 9.17) is 0 Å². The van der Waals surface area contributed by atoms with Gasteiger partial charge in [0.05, 0.1) is 15.9 Å². The Labute approximate surface area is 155 Å². The second kappa shape index (κ2) is 6.76. The topological polar surface area (TPSA) is 52.4 Å². The normalized spacial score (nSPS) is 13.0. The Morgan fingerprint density at radius 3 is 2.46 bits per heavy atom. The molecule has 0 bridgehead atoms. The number of rotatable bonds is 3. The molecular weight excluding hydrogens is 344 g/mol. The molecule has 7 heteroatoms. The third kappa shape index (κ3) is 2.80. The van der Waals surface area contributed by atoms with Gasteiger partial charge in [-0.15, -0.1) is 10.2 Å². The summed E-state index contributed by atoms with van der Waals surface area (Å²) in [5.74, 6) is 0.908. The van der Waals surface area contributed by atoms with Gasteiger partial charge in [-0.05, 0) is 38.1 Å². The molecule has 2 aromatic heterocycles. The number of benzene rings is 2. The van der Waals surface area contributed by atoms with Crippen LogP contribution in [0.4, 0.5) is 0 Å². The van der Waals surface area contributed by atoms with E-state index in [1.54, 1.807) is 11.3 Å². The van der Waals surface area contributed by atoms with Crippen LogP contribution < -0.4 is 10.4 Å². The van der Waals surface area contributed by atoms with Gasteiger partial charge in [-0.2, -0.15) is 9.78 Å². The van der Waals surface area contributed by atoms with Gasteiger partial charge in [0.25, 0.3) is 5.62 Å². The molecule has 0 amide bonds.